The van der Waals surface area contributed by atoms with Gasteiger partial charge in [0.15, 0.2) is 0 Å². The summed E-state index contributed by atoms with van der Waals surface area (Å²) in [6, 6.07) is 13.7. The first-order chi connectivity index (χ1) is 8.81. The summed E-state index contributed by atoms with van der Waals surface area (Å²) in [7, 11) is 0. The molecule has 0 radical (unpaired) electrons. The van der Waals surface area contributed by atoms with Crippen LogP contribution in [-0.2, 0) is 0 Å². The average Bonchev–Trinajstić information content (AvgIpc) is 2.81. The third kappa shape index (κ3) is 2.29. The summed E-state index contributed by atoms with van der Waals surface area (Å²) in [5.41, 5.74) is 3.00. The molecule has 3 aromatic rings. The lowest BCUT2D eigenvalue weighted by Crippen LogP contribution is -1.77. The molecule has 0 saturated carbocycles. The van der Waals surface area contributed by atoms with Gasteiger partial charge < -0.3 is 4.40 Å². The van der Waals surface area contributed by atoms with Gasteiger partial charge in [-0.25, -0.2) is 4.98 Å². The molecule has 88 valence electrons. The van der Waals surface area contributed by atoms with Crippen LogP contribution < -0.4 is 0 Å². The standard InChI is InChI=1S/C15H11ClN2/c16-13-7-4-12(5-8-13)6-9-14-11-18-10-2-1-3-15(18)17-14/h1-11H. The van der Waals surface area contributed by atoms with E-state index < -0.39 is 0 Å². The molecular formula is C15H11ClN2. The van der Waals surface area contributed by atoms with Crippen molar-refractivity contribution in [3.05, 3.63) is 71.1 Å². The number of fused-ring (bicyclic) bond motifs is 1. The fourth-order valence-corrected chi connectivity index (χ4v) is 1.92. The van der Waals surface area contributed by atoms with Gasteiger partial charge in [-0.3, -0.25) is 0 Å². The molecule has 0 aliphatic rings. The summed E-state index contributed by atoms with van der Waals surface area (Å²) < 4.78 is 2.00. The Balaban J connectivity index is 1.89. The van der Waals surface area contributed by atoms with Gasteiger partial charge in [-0.1, -0.05) is 35.9 Å². The van der Waals surface area contributed by atoms with E-state index in [1.165, 1.54) is 0 Å². The van der Waals surface area contributed by atoms with E-state index in [9.17, 15) is 0 Å². The molecule has 0 aliphatic heterocycles. The molecule has 1 aromatic carbocycles. The first-order valence-electron chi connectivity index (χ1n) is 5.69. The van der Waals surface area contributed by atoms with Gasteiger partial charge in [-0.05, 0) is 35.9 Å². The zero-order valence-electron chi connectivity index (χ0n) is 9.62. The van der Waals surface area contributed by atoms with Crippen LogP contribution in [0.15, 0.2) is 54.9 Å². The summed E-state index contributed by atoms with van der Waals surface area (Å²) >= 11 is 5.84. The second kappa shape index (κ2) is 4.67. The molecule has 18 heavy (non-hydrogen) atoms. The Hall–Kier alpha value is -2.06. The van der Waals surface area contributed by atoms with Gasteiger partial charge in [-0.2, -0.15) is 0 Å². The molecule has 0 amide bonds. The Morgan fingerprint density at radius 2 is 1.83 bits per heavy atom. The molecule has 0 fully saturated rings. The van der Waals surface area contributed by atoms with E-state index >= 15 is 0 Å². The molecule has 0 N–H and O–H groups in total. The molecular weight excluding hydrogens is 244 g/mol. The molecule has 0 spiro atoms. The largest absolute Gasteiger partial charge is 0.306 e. The van der Waals surface area contributed by atoms with Gasteiger partial charge in [0.1, 0.15) is 5.65 Å². The fourth-order valence-electron chi connectivity index (χ4n) is 1.79. The van der Waals surface area contributed by atoms with Crippen molar-refractivity contribution in [2.24, 2.45) is 0 Å². The molecule has 0 unspecified atom stereocenters. The molecule has 2 nitrogen and oxygen atoms in total. The lowest BCUT2D eigenvalue weighted by atomic mass is 10.2. The monoisotopic (exact) mass is 254 g/mol. The van der Waals surface area contributed by atoms with Crippen LogP contribution in [0.3, 0.4) is 0 Å². The Morgan fingerprint density at radius 3 is 2.61 bits per heavy atom. The molecule has 2 heterocycles. The van der Waals surface area contributed by atoms with Crippen molar-refractivity contribution in [1.82, 2.24) is 9.38 Å². The van der Waals surface area contributed by atoms with E-state index in [2.05, 4.69) is 4.98 Å². The molecule has 0 bridgehead atoms. The number of hydrogen-bond acceptors (Lipinski definition) is 1. The SMILES string of the molecule is Clc1ccc(C=Cc2cn3ccccc3n2)cc1. The van der Waals surface area contributed by atoms with E-state index in [1.54, 1.807) is 0 Å². The summed E-state index contributed by atoms with van der Waals surface area (Å²) in [6.45, 7) is 0. The third-order valence-corrected chi connectivity index (χ3v) is 2.95. The molecule has 3 rings (SSSR count). The van der Waals surface area contributed by atoms with Crippen LogP contribution in [0.2, 0.25) is 5.02 Å². The number of hydrogen-bond donors (Lipinski definition) is 0. The van der Waals surface area contributed by atoms with E-state index in [-0.39, 0.29) is 0 Å². The van der Waals surface area contributed by atoms with Gasteiger partial charge in [0.2, 0.25) is 0 Å². The predicted octanol–water partition coefficient (Wildman–Crippen LogP) is 4.16. The summed E-state index contributed by atoms with van der Waals surface area (Å²) in [5, 5.41) is 0.750. The number of imidazole rings is 1. The van der Waals surface area contributed by atoms with Crippen LogP contribution >= 0.6 is 11.6 Å². The highest BCUT2D eigenvalue weighted by atomic mass is 35.5. The zero-order valence-corrected chi connectivity index (χ0v) is 10.4. The van der Waals surface area contributed by atoms with Gasteiger partial charge in [0.25, 0.3) is 0 Å². The van der Waals surface area contributed by atoms with Crippen LogP contribution in [-0.4, -0.2) is 9.38 Å². The molecule has 0 saturated heterocycles. The highest BCUT2D eigenvalue weighted by Crippen LogP contribution is 2.13. The average molecular weight is 255 g/mol. The van der Waals surface area contributed by atoms with Crippen LogP contribution in [0.1, 0.15) is 11.3 Å². The van der Waals surface area contributed by atoms with Crippen LogP contribution in [0.4, 0.5) is 0 Å². The van der Waals surface area contributed by atoms with Gasteiger partial charge in [0.05, 0.1) is 5.69 Å². The first-order valence-corrected chi connectivity index (χ1v) is 6.06. The maximum Gasteiger partial charge on any atom is 0.137 e. The molecule has 3 heteroatoms. The minimum Gasteiger partial charge on any atom is -0.306 e. The molecule has 0 atom stereocenters. The fraction of sp³-hybridized carbons (Fsp3) is 0. The van der Waals surface area contributed by atoms with Crippen molar-refractivity contribution in [1.29, 1.82) is 0 Å². The first kappa shape index (κ1) is 11.1. The van der Waals surface area contributed by atoms with Crippen molar-refractivity contribution in [3.63, 3.8) is 0 Å². The third-order valence-electron chi connectivity index (χ3n) is 2.70. The van der Waals surface area contributed by atoms with Gasteiger partial charge >= 0.3 is 0 Å². The highest BCUT2D eigenvalue weighted by Gasteiger charge is 1.96. The number of rotatable bonds is 2. The van der Waals surface area contributed by atoms with Crippen molar-refractivity contribution in [2.75, 3.05) is 0 Å². The number of pyridine rings is 1. The maximum atomic E-state index is 5.84. The van der Waals surface area contributed by atoms with E-state index in [0.717, 1.165) is 21.9 Å². The lowest BCUT2D eigenvalue weighted by molar-refractivity contribution is 1.19. The van der Waals surface area contributed by atoms with Crippen molar-refractivity contribution in [2.45, 2.75) is 0 Å². The van der Waals surface area contributed by atoms with Crippen molar-refractivity contribution in [3.8, 4) is 0 Å². The van der Waals surface area contributed by atoms with Crippen LogP contribution in [0, 0.1) is 0 Å². The van der Waals surface area contributed by atoms with E-state index in [4.69, 9.17) is 11.6 Å². The van der Waals surface area contributed by atoms with Crippen LogP contribution in [0.5, 0.6) is 0 Å². The minimum atomic E-state index is 0.750. The summed E-state index contributed by atoms with van der Waals surface area (Å²) in [5.74, 6) is 0. The zero-order chi connectivity index (χ0) is 12.4. The minimum absolute atomic E-state index is 0.750. The summed E-state index contributed by atoms with van der Waals surface area (Å²) in [4.78, 5) is 4.50. The highest BCUT2D eigenvalue weighted by molar-refractivity contribution is 6.30. The number of aromatic nitrogens is 2. The Labute approximate surface area is 110 Å². The van der Waals surface area contributed by atoms with Crippen LogP contribution in [0.25, 0.3) is 17.8 Å². The Kier molecular flexibility index (Phi) is 2.87. The topological polar surface area (TPSA) is 17.3 Å². The lowest BCUT2D eigenvalue weighted by Gasteiger charge is -1.92. The van der Waals surface area contributed by atoms with E-state index in [1.807, 2.05) is 71.4 Å². The van der Waals surface area contributed by atoms with Crippen molar-refractivity contribution < 1.29 is 0 Å². The Morgan fingerprint density at radius 1 is 1.00 bits per heavy atom. The second-order valence-corrected chi connectivity index (χ2v) is 4.45. The quantitative estimate of drug-likeness (QED) is 0.671. The Bertz CT molecular complexity index is 663. The van der Waals surface area contributed by atoms with Crippen molar-refractivity contribution >= 4 is 29.4 Å². The number of nitrogens with zero attached hydrogens (tertiary/aromatic N) is 2. The predicted molar refractivity (Wildman–Crippen MR) is 75.6 cm³/mol. The van der Waals surface area contributed by atoms with Gasteiger partial charge in [0, 0.05) is 17.4 Å². The maximum absolute atomic E-state index is 5.84. The summed E-state index contributed by atoms with van der Waals surface area (Å²) in [6.07, 6.45) is 8.01. The second-order valence-electron chi connectivity index (χ2n) is 4.02. The number of benzene rings is 1. The normalized spacial score (nSPS) is 11.4. The van der Waals surface area contributed by atoms with Gasteiger partial charge in [-0.15, -0.1) is 0 Å². The molecule has 0 aliphatic carbocycles. The smallest absolute Gasteiger partial charge is 0.137 e. The number of halogens is 1. The van der Waals surface area contributed by atoms with E-state index in [0.29, 0.717) is 0 Å². The molecule has 2 aromatic heterocycles.